The molecule has 1 unspecified atom stereocenters. The zero-order valence-electron chi connectivity index (χ0n) is 22.3. The number of hydrogen-bond acceptors (Lipinski definition) is 10. The van der Waals surface area contributed by atoms with Crippen LogP contribution < -0.4 is 54.8 Å². The van der Waals surface area contributed by atoms with Crippen LogP contribution in [0.15, 0.2) is 30.5 Å². The van der Waals surface area contributed by atoms with Crippen LogP contribution in [-0.4, -0.2) is 58.3 Å². The summed E-state index contributed by atoms with van der Waals surface area (Å²) in [6.45, 7) is 0.814. The Kier molecular flexibility index (Phi) is 7.99. The van der Waals surface area contributed by atoms with Gasteiger partial charge in [0.1, 0.15) is 5.82 Å². The van der Waals surface area contributed by atoms with Crippen molar-refractivity contribution >= 4 is 28.7 Å². The molecule has 3 fully saturated rings. The van der Waals surface area contributed by atoms with Crippen LogP contribution >= 0.6 is 0 Å². The number of methoxy groups -OCH3 is 1. The molecule has 2 N–H and O–H groups in total. The van der Waals surface area contributed by atoms with E-state index in [-0.39, 0.29) is 71.0 Å². The summed E-state index contributed by atoms with van der Waals surface area (Å²) in [6.07, 6.45) is 3.79. The number of aromatic nitrogens is 3. The number of ether oxygens (including phenoxy) is 3. The third kappa shape index (κ3) is 5.38. The van der Waals surface area contributed by atoms with Crippen molar-refractivity contribution in [3.8, 4) is 11.6 Å². The molecule has 1 saturated carbocycles. The summed E-state index contributed by atoms with van der Waals surface area (Å²) in [5.74, 6) is -2.48. The molecule has 3 aromatic heterocycles. The minimum Gasteiger partial charge on any atom is -0.549 e. The fraction of sp³-hybridized carbons (Fsp3) is 0.444. The fourth-order valence-corrected chi connectivity index (χ4v) is 5.80. The molecule has 2 saturated heterocycles. The van der Waals surface area contributed by atoms with E-state index in [1.807, 2.05) is 6.07 Å². The van der Waals surface area contributed by atoms with Crippen LogP contribution in [0.4, 0.5) is 10.2 Å². The van der Waals surface area contributed by atoms with Crippen molar-refractivity contribution in [2.24, 2.45) is 0 Å². The predicted molar refractivity (Wildman–Crippen MR) is 133 cm³/mol. The third-order valence-electron chi connectivity index (χ3n) is 8.05. The van der Waals surface area contributed by atoms with Gasteiger partial charge >= 0.3 is 29.6 Å². The van der Waals surface area contributed by atoms with Crippen molar-refractivity contribution in [1.29, 1.82) is 0 Å². The number of amides is 1. The SMILES string of the molecule is COc1ccc2ncc(F)c(C(CC34CCC(NCc5ccc6c(n5)NC(=O)CO6)(CC3)CO4)C(=O)[O-])c2n1.[Na+]. The largest absolute Gasteiger partial charge is 1.00 e. The Hall–Kier alpha value is -2.90. The van der Waals surface area contributed by atoms with E-state index in [1.54, 1.807) is 18.2 Å². The molecule has 7 rings (SSSR count). The minimum absolute atomic E-state index is 0. The standard InChI is InChI=1S/C27H28FN5O6.Na/c1-37-21-5-3-18-23(33-21)22(17(28)12-29-18)16(25(35)36)10-27-8-6-26(7-9-27,14-39-27)30-11-15-2-4-19-24(31-15)32-20(34)13-38-19;/h2-5,12,16,30H,6-11,13-14H2,1H3,(H,35,36)(H,31,32,34);/q;+1/p-1. The Labute approximate surface area is 251 Å². The molecule has 13 heteroatoms. The van der Waals surface area contributed by atoms with Gasteiger partial charge in [0.25, 0.3) is 5.91 Å². The monoisotopic (exact) mass is 559 g/mol. The van der Waals surface area contributed by atoms with Gasteiger partial charge in [0.15, 0.2) is 18.2 Å². The zero-order chi connectivity index (χ0) is 27.2. The van der Waals surface area contributed by atoms with Crippen molar-refractivity contribution in [2.75, 3.05) is 25.6 Å². The first-order chi connectivity index (χ1) is 18.8. The topological polar surface area (TPSA) is 148 Å². The van der Waals surface area contributed by atoms with Crippen molar-refractivity contribution in [2.45, 2.75) is 55.7 Å². The Morgan fingerprint density at radius 1 is 1.23 bits per heavy atom. The number of hydrogen-bond donors (Lipinski definition) is 2. The van der Waals surface area contributed by atoms with Crippen molar-refractivity contribution < 1.29 is 62.9 Å². The maximum atomic E-state index is 15.1. The minimum atomic E-state index is -1.39. The molecule has 1 amide bonds. The maximum Gasteiger partial charge on any atom is 1.00 e. The van der Waals surface area contributed by atoms with Crippen molar-refractivity contribution in [3.63, 3.8) is 0 Å². The molecular formula is C27H27FN5NaO6. The van der Waals surface area contributed by atoms with Crippen LogP contribution in [0.1, 0.15) is 49.3 Å². The van der Waals surface area contributed by atoms with Crippen LogP contribution in [0, 0.1) is 5.82 Å². The quantitative estimate of drug-likeness (QED) is 0.316. The zero-order valence-corrected chi connectivity index (χ0v) is 24.3. The summed E-state index contributed by atoms with van der Waals surface area (Å²) >= 11 is 0. The third-order valence-corrected chi connectivity index (χ3v) is 8.05. The molecule has 40 heavy (non-hydrogen) atoms. The van der Waals surface area contributed by atoms with E-state index < -0.39 is 23.3 Å². The number of aliphatic carboxylic acids is 1. The molecule has 11 nitrogen and oxygen atoms in total. The van der Waals surface area contributed by atoms with Crippen molar-refractivity contribution in [1.82, 2.24) is 20.3 Å². The Morgan fingerprint density at radius 2 is 2.02 bits per heavy atom. The molecule has 1 aliphatic carbocycles. The molecule has 3 aromatic rings. The fourth-order valence-electron chi connectivity index (χ4n) is 5.80. The molecule has 1 atom stereocenters. The number of carbonyl (C=O) groups excluding carboxylic acids is 2. The second kappa shape index (κ2) is 11.2. The normalized spacial score (nSPS) is 23.9. The molecule has 0 radical (unpaired) electrons. The van der Waals surface area contributed by atoms with Crippen LogP contribution in [0.3, 0.4) is 0 Å². The number of rotatable bonds is 8. The van der Waals surface area contributed by atoms with Gasteiger partial charge in [-0.05, 0) is 50.3 Å². The molecule has 2 bridgehead atoms. The summed E-state index contributed by atoms with van der Waals surface area (Å²) < 4.78 is 31.9. The Bertz CT molecular complexity index is 1450. The number of anilines is 1. The maximum absolute atomic E-state index is 15.1. The van der Waals surface area contributed by atoms with Crippen molar-refractivity contribution in [3.05, 3.63) is 47.5 Å². The van der Waals surface area contributed by atoms with Gasteiger partial charge in [-0.2, -0.15) is 0 Å². The number of halogens is 1. The van der Waals surface area contributed by atoms with E-state index in [4.69, 9.17) is 14.2 Å². The summed E-state index contributed by atoms with van der Waals surface area (Å²) in [5, 5.41) is 18.7. The van der Waals surface area contributed by atoms with Crippen LogP contribution in [0.25, 0.3) is 11.0 Å². The van der Waals surface area contributed by atoms with E-state index in [1.165, 1.54) is 7.11 Å². The molecular weight excluding hydrogens is 532 g/mol. The molecule has 3 aliphatic heterocycles. The number of carbonyl (C=O) groups is 2. The average molecular weight is 560 g/mol. The van der Waals surface area contributed by atoms with Gasteiger partial charge in [0, 0.05) is 35.6 Å². The number of nitrogens with one attached hydrogen (secondary N) is 2. The average Bonchev–Trinajstić information content (AvgIpc) is 2.95. The molecule has 4 aliphatic rings. The number of nitrogens with zero attached hydrogens (tertiary/aromatic N) is 3. The van der Waals surface area contributed by atoms with Gasteiger partial charge in [-0.15, -0.1) is 0 Å². The van der Waals surface area contributed by atoms with Crippen LogP contribution in [-0.2, 0) is 20.9 Å². The second-order valence-corrected chi connectivity index (χ2v) is 10.4. The summed E-state index contributed by atoms with van der Waals surface area (Å²) in [7, 11) is 1.43. The number of carboxylic acids is 1. The first-order valence-electron chi connectivity index (χ1n) is 12.8. The number of fused-ring (bicyclic) bond motifs is 5. The summed E-state index contributed by atoms with van der Waals surface area (Å²) in [5.41, 5.74) is 0.180. The predicted octanol–water partition coefficient (Wildman–Crippen LogP) is -1.40. The molecule has 0 spiro atoms. The van der Waals surface area contributed by atoms with Gasteiger partial charge in [-0.25, -0.2) is 14.4 Å². The number of carboxylic acid groups (broad SMARTS) is 1. The van der Waals surface area contributed by atoms with E-state index >= 15 is 4.39 Å². The Morgan fingerprint density at radius 3 is 2.73 bits per heavy atom. The summed E-state index contributed by atoms with van der Waals surface area (Å²) in [4.78, 5) is 36.8. The molecule has 6 heterocycles. The van der Waals surface area contributed by atoms with Gasteiger partial charge in [-0.3, -0.25) is 9.78 Å². The Balaban J connectivity index is 0.00000323. The first kappa shape index (κ1) is 28.6. The number of pyridine rings is 3. The van der Waals surface area contributed by atoms with E-state index in [0.717, 1.165) is 24.7 Å². The smallest absolute Gasteiger partial charge is 0.549 e. The van der Waals surface area contributed by atoms with Crippen LogP contribution in [0.5, 0.6) is 11.6 Å². The first-order valence-corrected chi connectivity index (χ1v) is 12.8. The molecule has 204 valence electrons. The van der Waals surface area contributed by atoms with E-state index in [2.05, 4.69) is 25.6 Å². The van der Waals surface area contributed by atoms with E-state index in [0.29, 0.717) is 43.1 Å². The molecule has 0 aromatic carbocycles. The van der Waals surface area contributed by atoms with Crippen LogP contribution in [0.2, 0.25) is 0 Å². The summed E-state index contributed by atoms with van der Waals surface area (Å²) in [6, 6.07) is 6.83. The van der Waals surface area contributed by atoms with Gasteiger partial charge in [0.05, 0.1) is 42.2 Å². The van der Waals surface area contributed by atoms with Gasteiger partial charge in [-0.1, -0.05) is 0 Å². The van der Waals surface area contributed by atoms with Gasteiger partial charge in [0.2, 0.25) is 5.88 Å². The second-order valence-electron chi connectivity index (χ2n) is 10.4. The van der Waals surface area contributed by atoms with Gasteiger partial charge < -0.3 is 34.7 Å². The van der Waals surface area contributed by atoms with E-state index in [9.17, 15) is 14.7 Å².